The third-order valence-corrected chi connectivity index (χ3v) is 4.10. The van der Waals surface area contributed by atoms with Crippen molar-refractivity contribution in [3.63, 3.8) is 0 Å². The smallest absolute Gasteiger partial charge is 0.288 e. The minimum atomic E-state index is -0.528. The zero-order valence-corrected chi connectivity index (χ0v) is 13.7. The highest BCUT2D eigenvalue weighted by Gasteiger charge is 2.24. The Hall–Kier alpha value is -2.59. The fourth-order valence-corrected chi connectivity index (χ4v) is 2.78. The van der Waals surface area contributed by atoms with Crippen molar-refractivity contribution in [1.82, 2.24) is 5.32 Å². The molecule has 1 aliphatic carbocycles. The summed E-state index contributed by atoms with van der Waals surface area (Å²) in [6, 6.07) is 7.00. The van der Waals surface area contributed by atoms with Crippen LogP contribution in [-0.4, -0.2) is 30.2 Å². The molecule has 0 saturated heterocycles. The van der Waals surface area contributed by atoms with Crippen molar-refractivity contribution >= 4 is 29.7 Å². The van der Waals surface area contributed by atoms with Crippen LogP contribution in [0.2, 0.25) is 5.02 Å². The SMILES string of the molecule is N#Cc1ccc(O[C@H]2CC[C@H](NC(=O)C(=N)/N=C\N)CC2)cc1Cl. The third kappa shape index (κ3) is 4.70. The van der Waals surface area contributed by atoms with Gasteiger partial charge in [0.2, 0.25) is 5.84 Å². The number of rotatable bonds is 3. The Morgan fingerprint density at radius 1 is 1.46 bits per heavy atom. The van der Waals surface area contributed by atoms with Gasteiger partial charge in [0.15, 0.2) is 0 Å². The highest BCUT2D eigenvalue weighted by atomic mass is 35.5. The summed E-state index contributed by atoms with van der Waals surface area (Å²) in [5.74, 6) is -0.298. The molecule has 0 radical (unpaired) electrons. The van der Waals surface area contributed by atoms with Crippen LogP contribution < -0.4 is 15.8 Å². The number of nitrogens with two attached hydrogens (primary N) is 1. The summed E-state index contributed by atoms with van der Waals surface area (Å²) in [5, 5.41) is 19.4. The molecule has 1 saturated carbocycles. The first-order chi connectivity index (χ1) is 11.5. The molecule has 1 amide bonds. The minimum Gasteiger partial charge on any atom is -0.490 e. The van der Waals surface area contributed by atoms with Crippen LogP contribution in [0.25, 0.3) is 0 Å². The lowest BCUT2D eigenvalue weighted by atomic mass is 9.93. The normalized spacial score (nSPS) is 20.3. The number of ether oxygens (including phenoxy) is 1. The van der Waals surface area contributed by atoms with Gasteiger partial charge in [0.05, 0.1) is 23.0 Å². The van der Waals surface area contributed by atoms with Crippen molar-refractivity contribution in [2.75, 3.05) is 0 Å². The van der Waals surface area contributed by atoms with Gasteiger partial charge in [0.25, 0.3) is 5.91 Å². The lowest BCUT2D eigenvalue weighted by Gasteiger charge is -2.29. The molecule has 7 nitrogen and oxygen atoms in total. The molecule has 0 bridgehead atoms. The number of nitriles is 1. The molecule has 0 spiro atoms. The molecule has 1 aromatic rings. The van der Waals surface area contributed by atoms with Crippen LogP contribution in [0.3, 0.4) is 0 Å². The monoisotopic (exact) mass is 347 g/mol. The van der Waals surface area contributed by atoms with Gasteiger partial charge in [-0.25, -0.2) is 4.99 Å². The molecule has 0 aromatic heterocycles. The number of halogens is 1. The number of benzene rings is 1. The standard InChI is InChI=1S/C16H18ClN5O2/c17-14-7-13(4-1-10(14)8-18)24-12-5-2-11(3-6-12)22-16(23)15(20)21-9-19/h1,4,7,9,11-12H,2-3,5-6H2,(H,22,23)(H3,19,20,21)/t11-,12-. The Bertz CT molecular complexity index is 690. The largest absolute Gasteiger partial charge is 0.490 e. The Kier molecular flexibility index (Phi) is 6.15. The van der Waals surface area contributed by atoms with Gasteiger partial charge in [-0.3, -0.25) is 10.2 Å². The van der Waals surface area contributed by atoms with Gasteiger partial charge in [-0.05, 0) is 37.8 Å². The minimum absolute atomic E-state index is 0.00442. The first-order valence-corrected chi connectivity index (χ1v) is 7.91. The van der Waals surface area contributed by atoms with Gasteiger partial charge in [-0.1, -0.05) is 11.6 Å². The van der Waals surface area contributed by atoms with E-state index in [0.717, 1.165) is 32.0 Å². The third-order valence-electron chi connectivity index (χ3n) is 3.79. The molecule has 4 N–H and O–H groups in total. The van der Waals surface area contributed by atoms with Gasteiger partial charge in [0, 0.05) is 12.1 Å². The second-order valence-electron chi connectivity index (χ2n) is 5.45. The number of hydrogen-bond donors (Lipinski definition) is 3. The van der Waals surface area contributed by atoms with Crippen molar-refractivity contribution < 1.29 is 9.53 Å². The van der Waals surface area contributed by atoms with E-state index in [0.29, 0.717) is 16.3 Å². The maximum atomic E-state index is 11.7. The van der Waals surface area contributed by atoms with Gasteiger partial charge < -0.3 is 15.8 Å². The van der Waals surface area contributed by atoms with Crippen LogP contribution in [-0.2, 0) is 4.79 Å². The lowest BCUT2D eigenvalue weighted by Crippen LogP contribution is -2.42. The number of hydrogen-bond acceptors (Lipinski definition) is 4. The summed E-state index contributed by atoms with van der Waals surface area (Å²) in [7, 11) is 0. The highest BCUT2D eigenvalue weighted by Crippen LogP contribution is 2.27. The molecule has 0 heterocycles. The Morgan fingerprint density at radius 2 is 2.17 bits per heavy atom. The van der Waals surface area contributed by atoms with Gasteiger partial charge in [0.1, 0.15) is 11.8 Å². The van der Waals surface area contributed by atoms with Gasteiger partial charge in [-0.2, -0.15) is 5.26 Å². The van der Waals surface area contributed by atoms with E-state index in [2.05, 4.69) is 10.3 Å². The number of nitrogens with one attached hydrogen (secondary N) is 2. The average Bonchev–Trinajstić information content (AvgIpc) is 2.57. The molecule has 0 unspecified atom stereocenters. The van der Waals surface area contributed by atoms with Crippen LogP contribution in [0.4, 0.5) is 0 Å². The van der Waals surface area contributed by atoms with E-state index in [-0.39, 0.29) is 12.1 Å². The van der Waals surface area contributed by atoms with Crippen molar-refractivity contribution in [2.45, 2.75) is 37.8 Å². The first kappa shape index (κ1) is 17.8. The van der Waals surface area contributed by atoms with E-state index in [1.807, 2.05) is 6.07 Å². The van der Waals surface area contributed by atoms with Crippen LogP contribution in [0.5, 0.6) is 5.75 Å². The topological polar surface area (TPSA) is 124 Å². The van der Waals surface area contributed by atoms with Crippen molar-refractivity contribution in [2.24, 2.45) is 10.7 Å². The maximum Gasteiger partial charge on any atom is 0.288 e. The van der Waals surface area contributed by atoms with Crippen LogP contribution >= 0.6 is 11.6 Å². The molecule has 126 valence electrons. The number of carbonyl (C=O) groups is 1. The Balaban J connectivity index is 1.83. The molecule has 0 aliphatic heterocycles. The molecule has 2 rings (SSSR count). The van der Waals surface area contributed by atoms with E-state index in [1.54, 1.807) is 18.2 Å². The number of amides is 1. The van der Waals surface area contributed by atoms with Crippen molar-refractivity contribution in [3.05, 3.63) is 28.8 Å². The number of nitrogens with zero attached hydrogens (tertiary/aromatic N) is 2. The fourth-order valence-electron chi connectivity index (χ4n) is 2.56. The highest BCUT2D eigenvalue weighted by molar-refractivity contribution is 6.37. The van der Waals surface area contributed by atoms with E-state index in [1.165, 1.54) is 0 Å². The Morgan fingerprint density at radius 3 is 2.75 bits per heavy atom. The molecule has 1 aromatic carbocycles. The summed E-state index contributed by atoms with van der Waals surface area (Å²) in [6.45, 7) is 0. The number of amidine groups is 1. The van der Waals surface area contributed by atoms with E-state index >= 15 is 0 Å². The Labute approximate surface area is 145 Å². The lowest BCUT2D eigenvalue weighted by molar-refractivity contribution is -0.115. The van der Waals surface area contributed by atoms with Crippen molar-refractivity contribution in [1.29, 1.82) is 10.7 Å². The van der Waals surface area contributed by atoms with Gasteiger partial charge in [-0.15, -0.1) is 0 Å². The molecular formula is C16H18ClN5O2. The average molecular weight is 348 g/mol. The molecule has 1 fully saturated rings. The molecular weight excluding hydrogens is 330 g/mol. The molecule has 0 atom stereocenters. The predicted octanol–water partition coefficient (Wildman–Crippen LogP) is 1.98. The maximum absolute atomic E-state index is 11.7. The first-order valence-electron chi connectivity index (χ1n) is 7.53. The number of carbonyl (C=O) groups excluding carboxylic acids is 1. The van der Waals surface area contributed by atoms with Gasteiger partial charge >= 0.3 is 0 Å². The summed E-state index contributed by atoms with van der Waals surface area (Å²) in [4.78, 5) is 15.1. The summed E-state index contributed by atoms with van der Waals surface area (Å²) < 4.78 is 5.89. The quantitative estimate of drug-likeness (QED) is 0.571. The van der Waals surface area contributed by atoms with Crippen LogP contribution in [0, 0.1) is 16.7 Å². The molecule has 8 heteroatoms. The van der Waals surface area contributed by atoms with E-state index in [4.69, 9.17) is 32.7 Å². The zero-order chi connectivity index (χ0) is 17.5. The number of aliphatic imine (C=N–C) groups is 1. The summed E-state index contributed by atoms with van der Waals surface area (Å²) in [6.07, 6.45) is 4.00. The van der Waals surface area contributed by atoms with E-state index < -0.39 is 11.7 Å². The predicted molar refractivity (Wildman–Crippen MR) is 91.4 cm³/mol. The van der Waals surface area contributed by atoms with Crippen molar-refractivity contribution in [3.8, 4) is 11.8 Å². The zero-order valence-electron chi connectivity index (χ0n) is 13.0. The second kappa shape index (κ2) is 8.31. The molecule has 24 heavy (non-hydrogen) atoms. The van der Waals surface area contributed by atoms with E-state index in [9.17, 15) is 4.79 Å². The van der Waals surface area contributed by atoms with Crippen LogP contribution in [0.15, 0.2) is 23.2 Å². The fraction of sp³-hybridized carbons (Fsp3) is 0.375. The second-order valence-corrected chi connectivity index (χ2v) is 5.85. The molecule has 1 aliphatic rings. The summed E-state index contributed by atoms with van der Waals surface area (Å²) >= 11 is 5.99. The van der Waals surface area contributed by atoms with Crippen LogP contribution in [0.1, 0.15) is 31.2 Å². The summed E-state index contributed by atoms with van der Waals surface area (Å²) in [5.41, 5.74) is 5.48.